The number of halogens is 1. The van der Waals surface area contributed by atoms with Crippen molar-refractivity contribution in [2.24, 2.45) is 0 Å². The summed E-state index contributed by atoms with van der Waals surface area (Å²) in [6.07, 6.45) is 11.1. The van der Waals surface area contributed by atoms with Gasteiger partial charge in [-0.1, -0.05) is 31.9 Å². The number of benzene rings is 1. The molecule has 4 aromatic heterocycles. The maximum atomic E-state index is 13.7. The largest absolute Gasteiger partial charge is 0.382 e. The van der Waals surface area contributed by atoms with E-state index in [0.29, 0.717) is 40.1 Å². The highest BCUT2D eigenvalue weighted by Gasteiger charge is 2.32. The number of carbonyl (C=O) groups is 2. The number of hydrogen-bond donors (Lipinski definition) is 2. The Balaban J connectivity index is 1.35. The van der Waals surface area contributed by atoms with Crippen molar-refractivity contribution in [3.63, 3.8) is 0 Å². The third kappa shape index (κ3) is 5.42. The van der Waals surface area contributed by atoms with Gasteiger partial charge in [-0.05, 0) is 49.1 Å². The van der Waals surface area contributed by atoms with Crippen molar-refractivity contribution in [1.82, 2.24) is 34.2 Å². The van der Waals surface area contributed by atoms with E-state index < -0.39 is 0 Å². The molecule has 1 aliphatic rings. The normalized spacial score (nSPS) is 15.5. The van der Waals surface area contributed by atoms with Crippen LogP contribution in [0.2, 0.25) is 5.28 Å². The van der Waals surface area contributed by atoms with E-state index in [9.17, 15) is 9.59 Å². The predicted octanol–water partition coefficient (Wildman–Crippen LogP) is 5.45. The molecule has 0 saturated carbocycles. The van der Waals surface area contributed by atoms with Gasteiger partial charge in [0.25, 0.3) is 11.8 Å². The van der Waals surface area contributed by atoms with Crippen LogP contribution < -0.4 is 11.1 Å². The summed E-state index contributed by atoms with van der Waals surface area (Å²) in [4.78, 5) is 51.2. The van der Waals surface area contributed by atoms with Crippen LogP contribution in [0.25, 0.3) is 16.8 Å². The maximum Gasteiger partial charge on any atom is 0.273 e. The lowest BCUT2D eigenvalue weighted by molar-refractivity contribution is 0.0665. The molecule has 3 N–H and O–H groups in total. The fourth-order valence-corrected chi connectivity index (χ4v) is 6.12. The summed E-state index contributed by atoms with van der Waals surface area (Å²) in [7, 11) is 0. The molecule has 1 aliphatic heterocycles. The number of likely N-dealkylation sites (tertiary alicyclic amines) is 1. The number of carbonyl (C=O) groups excluding carboxylic acids is 2. The van der Waals surface area contributed by atoms with E-state index in [-0.39, 0.29) is 28.8 Å². The Hall–Kier alpha value is -4.42. The van der Waals surface area contributed by atoms with E-state index in [1.807, 2.05) is 34.6 Å². The van der Waals surface area contributed by atoms with Crippen molar-refractivity contribution in [1.29, 1.82) is 0 Å². The molecule has 13 heteroatoms. The summed E-state index contributed by atoms with van der Waals surface area (Å²) in [5.74, 6) is 0.528. The molecule has 2 amide bonds. The van der Waals surface area contributed by atoms with Gasteiger partial charge in [-0.3, -0.25) is 19.3 Å². The summed E-state index contributed by atoms with van der Waals surface area (Å²) < 4.78 is 1.91. The van der Waals surface area contributed by atoms with Crippen LogP contribution in [0.3, 0.4) is 0 Å². The van der Waals surface area contributed by atoms with Gasteiger partial charge in [-0.15, -0.1) is 11.3 Å². The minimum Gasteiger partial charge on any atom is -0.382 e. The molecule has 214 valence electrons. The Bertz CT molecular complexity index is 1770. The second-order valence-corrected chi connectivity index (χ2v) is 11.4. The quantitative estimate of drug-likeness (QED) is 0.244. The molecule has 1 saturated heterocycles. The molecule has 6 rings (SSSR count). The maximum absolute atomic E-state index is 13.7. The van der Waals surface area contributed by atoms with Gasteiger partial charge in [0, 0.05) is 47.3 Å². The third-order valence-corrected chi connectivity index (χ3v) is 8.55. The van der Waals surface area contributed by atoms with Crippen molar-refractivity contribution in [2.75, 3.05) is 17.6 Å². The molecule has 1 atom stereocenters. The zero-order valence-corrected chi connectivity index (χ0v) is 24.4. The van der Waals surface area contributed by atoms with Gasteiger partial charge in [0.2, 0.25) is 5.28 Å². The first-order valence-corrected chi connectivity index (χ1v) is 14.9. The number of nitrogens with two attached hydrogens (primary N) is 1. The van der Waals surface area contributed by atoms with E-state index >= 15 is 0 Å². The molecule has 1 fully saturated rings. The van der Waals surface area contributed by atoms with Crippen molar-refractivity contribution in [3.05, 3.63) is 82.4 Å². The SMILES string of the molecule is CCc1cnc(NC(=O)c2ccc(-c3nc(C4CCCCCN4C(=O)c4ccnc(Cl)n4)n4ccnc(N)c34)cc2)s1. The van der Waals surface area contributed by atoms with Gasteiger partial charge in [0.1, 0.15) is 28.5 Å². The number of hydrogen-bond acceptors (Lipinski definition) is 9. The van der Waals surface area contributed by atoms with Crippen LogP contribution in [0.4, 0.5) is 10.9 Å². The number of aryl methyl sites for hydroxylation is 1. The fraction of sp³-hybridized carbons (Fsp3) is 0.276. The molecule has 0 bridgehead atoms. The van der Waals surface area contributed by atoms with Gasteiger partial charge in [-0.2, -0.15) is 0 Å². The first-order chi connectivity index (χ1) is 20.4. The van der Waals surface area contributed by atoms with Crippen LogP contribution >= 0.6 is 22.9 Å². The number of amides is 2. The van der Waals surface area contributed by atoms with Crippen LogP contribution in [-0.4, -0.2) is 52.6 Å². The third-order valence-electron chi connectivity index (χ3n) is 7.31. The molecular weight excluding hydrogens is 574 g/mol. The van der Waals surface area contributed by atoms with Crippen LogP contribution in [0, 0.1) is 0 Å². The lowest BCUT2D eigenvalue weighted by Gasteiger charge is -2.29. The van der Waals surface area contributed by atoms with Crippen LogP contribution in [-0.2, 0) is 6.42 Å². The summed E-state index contributed by atoms with van der Waals surface area (Å²) >= 11 is 7.46. The number of rotatable bonds is 6. The molecule has 0 radical (unpaired) electrons. The molecule has 5 aromatic rings. The summed E-state index contributed by atoms with van der Waals surface area (Å²) in [6, 6.07) is 8.42. The molecule has 42 heavy (non-hydrogen) atoms. The lowest BCUT2D eigenvalue weighted by atomic mass is 10.1. The highest BCUT2D eigenvalue weighted by atomic mass is 35.5. The highest BCUT2D eigenvalue weighted by Crippen LogP contribution is 2.36. The Morgan fingerprint density at radius 1 is 1.07 bits per heavy atom. The van der Waals surface area contributed by atoms with E-state index in [0.717, 1.165) is 42.5 Å². The minimum absolute atomic E-state index is 0.0223. The van der Waals surface area contributed by atoms with Crippen molar-refractivity contribution in [3.8, 4) is 11.3 Å². The number of anilines is 2. The molecule has 1 unspecified atom stereocenters. The van der Waals surface area contributed by atoms with Gasteiger partial charge in [0.15, 0.2) is 5.13 Å². The van der Waals surface area contributed by atoms with Crippen LogP contribution in [0.15, 0.2) is 55.1 Å². The summed E-state index contributed by atoms with van der Waals surface area (Å²) in [6.45, 7) is 2.60. The number of fused-ring (bicyclic) bond motifs is 1. The smallest absolute Gasteiger partial charge is 0.273 e. The second kappa shape index (κ2) is 11.8. The standard InChI is InChI=1S/C29H28ClN9O2S/c1-2-19-16-34-29(42-19)37-26(40)18-9-7-17(8-10-18)22-23-24(31)32-13-15-39(23)25(36-22)21-6-4-3-5-14-38(21)27(41)20-11-12-33-28(30)35-20/h7-13,15-16,21H,2-6,14H2,1H3,(H2,31,32)(H,34,37,40). The van der Waals surface area contributed by atoms with Crippen molar-refractivity contribution < 1.29 is 9.59 Å². The number of nitrogens with zero attached hydrogens (tertiary/aromatic N) is 7. The van der Waals surface area contributed by atoms with Crippen molar-refractivity contribution in [2.45, 2.75) is 45.1 Å². The summed E-state index contributed by atoms with van der Waals surface area (Å²) in [5, 5.41) is 3.45. The average molecular weight is 602 g/mol. The molecule has 5 heterocycles. The topological polar surface area (TPSA) is 144 Å². The molecule has 11 nitrogen and oxygen atoms in total. The van der Waals surface area contributed by atoms with E-state index in [1.165, 1.54) is 17.5 Å². The summed E-state index contributed by atoms with van der Waals surface area (Å²) in [5.41, 5.74) is 9.16. The first kappa shape index (κ1) is 27.7. The van der Waals surface area contributed by atoms with Gasteiger partial charge >= 0.3 is 0 Å². The Morgan fingerprint density at radius 2 is 1.90 bits per heavy atom. The van der Waals surface area contributed by atoms with Gasteiger partial charge < -0.3 is 10.6 Å². The molecule has 0 spiro atoms. The van der Waals surface area contributed by atoms with Crippen LogP contribution in [0.5, 0.6) is 0 Å². The van der Waals surface area contributed by atoms with Gasteiger partial charge in [0.05, 0.1) is 6.04 Å². The lowest BCUT2D eigenvalue weighted by Crippen LogP contribution is -2.36. The molecule has 1 aromatic carbocycles. The zero-order valence-electron chi connectivity index (χ0n) is 22.8. The Kier molecular flexibility index (Phi) is 7.81. The highest BCUT2D eigenvalue weighted by molar-refractivity contribution is 7.15. The predicted molar refractivity (Wildman–Crippen MR) is 162 cm³/mol. The van der Waals surface area contributed by atoms with Crippen LogP contribution in [0.1, 0.15) is 70.2 Å². The number of nitrogen functional groups attached to an aromatic ring is 1. The zero-order chi connectivity index (χ0) is 29.2. The monoisotopic (exact) mass is 601 g/mol. The fourth-order valence-electron chi connectivity index (χ4n) is 5.22. The Labute approximate surface area is 250 Å². The minimum atomic E-state index is -0.326. The number of thiazole rings is 1. The number of imidazole rings is 1. The Morgan fingerprint density at radius 3 is 2.67 bits per heavy atom. The van der Waals surface area contributed by atoms with Crippen molar-refractivity contribution >= 4 is 51.2 Å². The first-order valence-electron chi connectivity index (χ1n) is 13.7. The number of nitrogens with one attached hydrogen (secondary N) is 1. The van der Waals surface area contributed by atoms with E-state index in [4.69, 9.17) is 22.3 Å². The van der Waals surface area contributed by atoms with E-state index in [2.05, 4.69) is 25.3 Å². The number of aromatic nitrogens is 6. The second-order valence-electron chi connectivity index (χ2n) is 9.94. The molecule has 0 aliphatic carbocycles. The van der Waals surface area contributed by atoms with Gasteiger partial charge in [-0.25, -0.2) is 24.9 Å². The van der Waals surface area contributed by atoms with E-state index in [1.54, 1.807) is 30.6 Å². The average Bonchev–Trinajstić information content (AvgIpc) is 3.54. The molecular formula is C29H28ClN9O2S.